The molecular formula is C16H23ClN2O2. The van der Waals surface area contributed by atoms with Crippen molar-refractivity contribution in [1.82, 2.24) is 5.32 Å². The van der Waals surface area contributed by atoms with Gasteiger partial charge in [-0.1, -0.05) is 24.9 Å². The first kappa shape index (κ1) is 16.1. The maximum atomic E-state index is 12.5. The first-order chi connectivity index (χ1) is 10.2. The van der Waals surface area contributed by atoms with E-state index in [0.717, 1.165) is 25.7 Å². The van der Waals surface area contributed by atoms with Crippen LogP contribution in [-0.4, -0.2) is 25.1 Å². The fourth-order valence-electron chi connectivity index (χ4n) is 2.77. The average molecular weight is 311 g/mol. The lowest BCUT2D eigenvalue weighted by Gasteiger charge is -2.20. The fraction of sp³-hybridized carbons (Fsp3) is 0.562. The van der Waals surface area contributed by atoms with Gasteiger partial charge in [-0.2, -0.15) is 0 Å². The van der Waals surface area contributed by atoms with E-state index in [4.69, 9.17) is 22.1 Å². The van der Waals surface area contributed by atoms with Gasteiger partial charge in [-0.3, -0.25) is 4.79 Å². The van der Waals surface area contributed by atoms with Crippen molar-refractivity contribution >= 4 is 17.5 Å². The zero-order valence-electron chi connectivity index (χ0n) is 12.4. The highest BCUT2D eigenvalue weighted by Crippen LogP contribution is 2.27. The molecule has 1 aromatic carbocycles. The molecule has 0 bridgehead atoms. The summed E-state index contributed by atoms with van der Waals surface area (Å²) in [5, 5.41) is 3.62. The van der Waals surface area contributed by atoms with Gasteiger partial charge in [0.05, 0.1) is 12.2 Å². The van der Waals surface area contributed by atoms with Gasteiger partial charge in [-0.05, 0) is 49.9 Å². The Morgan fingerprint density at radius 3 is 3.00 bits per heavy atom. The highest BCUT2D eigenvalue weighted by Gasteiger charge is 2.28. The molecule has 0 aromatic heterocycles. The van der Waals surface area contributed by atoms with Gasteiger partial charge in [-0.25, -0.2) is 0 Å². The third-order valence-corrected chi connectivity index (χ3v) is 4.16. The summed E-state index contributed by atoms with van der Waals surface area (Å²) in [5.74, 6) is 0.822. The largest absolute Gasteiger partial charge is 0.493 e. The number of ether oxygens (including phenoxy) is 1. The third-order valence-electron chi connectivity index (χ3n) is 3.93. The number of hydrogen-bond acceptors (Lipinski definition) is 3. The predicted molar refractivity (Wildman–Crippen MR) is 84.9 cm³/mol. The van der Waals surface area contributed by atoms with Crippen LogP contribution in [0.15, 0.2) is 18.2 Å². The molecule has 1 aliphatic rings. The van der Waals surface area contributed by atoms with Crippen LogP contribution in [-0.2, 0) is 0 Å². The number of hydrogen-bond donors (Lipinski definition) is 2. The molecule has 3 N–H and O–H groups in total. The maximum Gasteiger partial charge on any atom is 0.255 e. The van der Waals surface area contributed by atoms with Crippen molar-refractivity contribution in [3.05, 3.63) is 28.8 Å². The number of carbonyl (C=O) groups is 1. The van der Waals surface area contributed by atoms with Crippen LogP contribution in [0, 0.1) is 5.92 Å². The zero-order chi connectivity index (χ0) is 15.2. The summed E-state index contributed by atoms with van der Waals surface area (Å²) in [6, 6.07) is 5.30. The monoisotopic (exact) mass is 310 g/mol. The second-order valence-electron chi connectivity index (χ2n) is 5.50. The second kappa shape index (κ2) is 7.66. The molecular weight excluding hydrogens is 288 g/mol. The molecule has 116 valence electrons. The molecule has 2 rings (SSSR count). The Morgan fingerprint density at radius 2 is 2.29 bits per heavy atom. The number of rotatable bonds is 6. The van der Waals surface area contributed by atoms with Gasteiger partial charge in [0.2, 0.25) is 0 Å². The molecule has 4 nitrogen and oxygen atoms in total. The first-order valence-corrected chi connectivity index (χ1v) is 7.96. The molecule has 1 saturated carbocycles. The molecule has 1 aromatic rings. The molecule has 2 atom stereocenters. The highest BCUT2D eigenvalue weighted by molar-refractivity contribution is 6.31. The molecule has 2 unspecified atom stereocenters. The Morgan fingerprint density at radius 1 is 1.48 bits per heavy atom. The van der Waals surface area contributed by atoms with Gasteiger partial charge in [0, 0.05) is 11.1 Å². The van der Waals surface area contributed by atoms with Crippen LogP contribution >= 0.6 is 11.6 Å². The lowest BCUT2D eigenvalue weighted by Crippen LogP contribution is -2.40. The minimum Gasteiger partial charge on any atom is -0.493 e. The van der Waals surface area contributed by atoms with Gasteiger partial charge >= 0.3 is 0 Å². The molecule has 0 spiro atoms. The Bertz CT molecular complexity index is 493. The van der Waals surface area contributed by atoms with E-state index in [0.29, 0.717) is 35.4 Å². The minimum absolute atomic E-state index is 0.131. The Kier molecular flexibility index (Phi) is 5.88. The van der Waals surface area contributed by atoms with Crippen LogP contribution in [0.1, 0.15) is 43.0 Å². The Balaban J connectivity index is 2.12. The standard InChI is InChI=1S/C16H23ClN2O2/c1-2-8-21-15-7-6-12(17)9-13(15)16(20)19-14-5-3-4-11(14)10-18/h6-7,9,11,14H,2-5,8,10,18H2,1H3,(H,19,20). The summed E-state index contributed by atoms with van der Waals surface area (Å²) in [6.07, 6.45) is 4.07. The van der Waals surface area contributed by atoms with Crippen LogP contribution in [0.3, 0.4) is 0 Å². The van der Waals surface area contributed by atoms with Crippen LogP contribution in [0.25, 0.3) is 0 Å². The summed E-state index contributed by atoms with van der Waals surface area (Å²) in [6.45, 7) is 3.22. The molecule has 1 fully saturated rings. The maximum absolute atomic E-state index is 12.5. The molecule has 1 aliphatic carbocycles. The van der Waals surface area contributed by atoms with Crippen LogP contribution in [0.5, 0.6) is 5.75 Å². The van der Waals surface area contributed by atoms with Gasteiger partial charge in [0.25, 0.3) is 5.91 Å². The van der Waals surface area contributed by atoms with E-state index < -0.39 is 0 Å². The van der Waals surface area contributed by atoms with Crippen molar-refractivity contribution in [2.75, 3.05) is 13.2 Å². The Hall–Kier alpha value is -1.26. The van der Waals surface area contributed by atoms with Crippen LogP contribution in [0.4, 0.5) is 0 Å². The molecule has 1 amide bonds. The van der Waals surface area contributed by atoms with E-state index in [9.17, 15) is 4.79 Å². The van der Waals surface area contributed by atoms with E-state index >= 15 is 0 Å². The van der Waals surface area contributed by atoms with Crippen molar-refractivity contribution < 1.29 is 9.53 Å². The van der Waals surface area contributed by atoms with E-state index in [1.165, 1.54) is 0 Å². The van der Waals surface area contributed by atoms with Gasteiger partial charge in [0.15, 0.2) is 0 Å². The van der Waals surface area contributed by atoms with E-state index in [2.05, 4.69) is 5.32 Å². The SMILES string of the molecule is CCCOc1ccc(Cl)cc1C(=O)NC1CCCC1CN. The van der Waals surface area contributed by atoms with Gasteiger partial charge < -0.3 is 15.8 Å². The number of benzene rings is 1. The van der Waals surface area contributed by atoms with Gasteiger partial charge in [0.1, 0.15) is 5.75 Å². The smallest absolute Gasteiger partial charge is 0.255 e. The van der Waals surface area contributed by atoms with Crippen molar-refractivity contribution in [1.29, 1.82) is 0 Å². The lowest BCUT2D eigenvalue weighted by atomic mass is 10.0. The minimum atomic E-state index is -0.131. The summed E-state index contributed by atoms with van der Waals surface area (Å²) < 4.78 is 5.64. The first-order valence-electron chi connectivity index (χ1n) is 7.59. The summed E-state index contributed by atoms with van der Waals surface area (Å²) in [7, 11) is 0. The summed E-state index contributed by atoms with van der Waals surface area (Å²) in [4.78, 5) is 12.5. The third kappa shape index (κ3) is 4.11. The fourth-order valence-corrected chi connectivity index (χ4v) is 2.94. The van der Waals surface area contributed by atoms with Crippen molar-refractivity contribution in [2.24, 2.45) is 11.7 Å². The molecule has 0 heterocycles. The van der Waals surface area contributed by atoms with E-state index in [-0.39, 0.29) is 11.9 Å². The summed E-state index contributed by atoms with van der Waals surface area (Å²) in [5.41, 5.74) is 6.26. The molecule has 0 radical (unpaired) electrons. The van der Waals surface area contributed by atoms with Crippen molar-refractivity contribution in [3.63, 3.8) is 0 Å². The molecule has 21 heavy (non-hydrogen) atoms. The van der Waals surface area contributed by atoms with E-state index in [1.54, 1.807) is 18.2 Å². The van der Waals surface area contributed by atoms with Crippen LogP contribution in [0.2, 0.25) is 5.02 Å². The Labute approximate surface area is 131 Å². The second-order valence-corrected chi connectivity index (χ2v) is 5.93. The zero-order valence-corrected chi connectivity index (χ0v) is 13.2. The number of nitrogens with one attached hydrogen (secondary N) is 1. The van der Waals surface area contributed by atoms with Crippen molar-refractivity contribution in [3.8, 4) is 5.75 Å². The molecule has 0 saturated heterocycles. The van der Waals surface area contributed by atoms with Crippen molar-refractivity contribution in [2.45, 2.75) is 38.6 Å². The predicted octanol–water partition coefficient (Wildman–Crippen LogP) is 2.99. The molecule has 5 heteroatoms. The number of amides is 1. The number of carbonyl (C=O) groups excluding carboxylic acids is 1. The van der Waals surface area contributed by atoms with E-state index in [1.807, 2.05) is 6.92 Å². The summed E-state index contributed by atoms with van der Waals surface area (Å²) >= 11 is 6.01. The van der Waals surface area contributed by atoms with Gasteiger partial charge in [-0.15, -0.1) is 0 Å². The van der Waals surface area contributed by atoms with Crippen LogP contribution < -0.4 is 15.8 Å². The molecule has 0 aliphatic heterocycles. The number of halogens is 1. The average Bonchev–Trinajstić information content (AvgIpc) is 2.93. The number of nitrogens with two attached hydrogens (primary N) is 1. The quantitative estimate of drug-likeness (QED) is 0.849. The highest BCUT2D eigenvalue weighted by atomic mass is 35.5. The normalized spacial score (nSPS) is 21.3. The topological polar surface area (TPSA) is 64.3 Å². The lowest BCUT2D eigenvalue weighted by molar-refractivity contribution is 0.0924.